The number of carbonyl (C=O) groups is 1. The van der Waals surface area contributed by atoms with Crippen molar-refractivity contribution in [3.63, 3.8) is 0 Å². The third-order valence-electron chi connectivity index (χ3n) is 5.98. The van der Waals surface area contributed by atoms with Gasteiger partial charge in [-0.15, -0.1) is 0 Å². The fourth-order valence-corrected chi connectivity index (χ4v) is 4.27. The summed E-state index contributed by atoms with van der Waals surface area (Å²) in [5.41, 5.74) is 2.87. The maximum Gasteiger partial charge on any atom is 0.409 e. The van der Waals surface area contributed by atoms with Crippen LogP contribution < -0.4 is 15.6 Å². The minimum absolute atomic E-state index is 0.138. The lowest BCUT2D eigenvalue weighted by molar-refractivity contribution is 0.0614. The van der Waals surface area contributed by atoms with Crippen LogP contribution in [-0.4, -0.2) is 66.6 Å². The molecule has 0 aliphatic carbocycles. The number of aromatic nitrogens is 2. The van der Waals surface area contributed by atoms with Crippen LogP contribution in [0.3, 0.4) is 0 Å². The third-order valence-corrected chi connectivity index (χ3v) is 5.98. The molecule has 2 atom stereocenters. The topological polar surface area (TPSA) is 94.9 Å². The Balaban J connectivity index is 2.03. The molecule has 9 heteroatoms. The van der Waals surface area contributed by atoms with Crippen LogP contribution in [-0.2, 0) is 22.4 Å². The molecular formula is C24H34N4O5. The average Bonchev–Trinajstić information content (AvgIpc) is 3.22. The molecule has 1 saturated heterocycles. The molecule has 0 spiro atoms. The molecule has 1 aliphatic rings. The summed E-state index contributed by atoms with van der Waals surface area (Å²) in [6, 6.07) is 5.50. The number of methoxy groups -OCH3 is 2. The van der Waals surface area contributed by atoms with E-state index in [9.17, 15) is 9.59 Å². The number of nitrogens with zero attached hydrogens (tertiary/aromatic N) is 3. The van der Waals surface area contributed by atoms with E-state index in [1.54, 1.807) is 16.6 Å². The van der Waals surface area contributed by atoms with Crippen LogP contribution in [0.1, 0.15) is 32.0 Å². The van der Waals surface area contributed by atoms with Gasteiger partial charge in [0, 0.05) is 25.3 Å². The normalized spacial score (nSPS) is 17.8. The van der Waals surface area contributed by atoms with Gasteiger partial charge in [0.2, 0.25) is 0 Å². The van der Waals surface area contributed by atoms with Crippen molar-refractivity contribution in [1.82, 2.24) is 14.5 Å². The summed E-state index contributed by atoms with van der Waals surface area (Å²) in [5, 5.41) is 3.37. The van der Waals surface area contributed by atoms with Crippen molar-refractivity contribution in [2.45, 2.75) is 52.8 Å². The quantitative estimate of drug-likeness (QED) is 0.650. The largest absolute Gasteiger partial charge is 0.497 e. The first kappa shape index (κ1) is 24.6. The van der Waals surface area contributed by atoms with E-state index in [1.807, 2.05) is 45.9 Å². The molecule has 2 aromatic rings. The smallest absolute Gasteiger partial charge is 0.409 e. The molecule has 2 heterocycles. The molecule has 3 rings (SSSR count). The second-order valence-corrected chi connectivity index (χ2v) is 7.96. The van der Waals surface area contributed by atoms with Gasteiger partial charge in [0.15, 0.2) is 0 Å². The first-order chi connectivity index (χ1) is 15.9. The maximum absolute atomic E-state index is 13.6. The Hall–Kier alpha value is -3.07. The first-order valence-electron chi connectivity index (χ1n) is 11.4. The zero-order valence-electron chi connectivity index (χ0n) is 20.3. The molecule has 1 aromatic heterocycles. The van der Waals surface area contributed by atoms with E-state index in [4.69, 9.17) is 19.2 Å². The number of hydrogen-bond acceptors (Lipinski definition) is 7. The fourth-order valence-electron chi connectivity index (χ4n) is 4.27. The van der Waals surface area contributed by atoms with Crippen LogP contribution in [0.2, 0.25) is 0 Å². The van der Waals surface area contributed by atoms with E-state index in [1.165, 1.54) is 7.11 Å². The van der Waals surface area contributed by atoms with E-state index in [0.717, 1.165) is 16.9 Å². The lowest BCUT2D eigenvalue weighted by Gasteiger charge is -2.23. The van der Waals surface area contributed by atoms with E-state index in [0.29, 0.717) is 49.9 Å². The van der Waals surface area contributed by atoms with Crippen LogP contribution in [0.5, 0.6) is 5.75 Å². The number of rotatable bonds is 8. The summed E-state index contributed by atoms with van der Waals surface area (Å²) in [6.45, 7) is 9.55. The predicted octanol–water partition coefficient (Wildman–Crippen LogP) is 3.08. The monoisotopic (exact) mass is 458 g/mol. The molecule has 0 saturated carbocycles. The van der Waals surface area contributed by atoms with Crippen LogP contribution in [0, 0.1) is 6.92 Å². The van der Waals surface area contributed by atoms with Crippen LogP contribution in [0.25, 0.3) is 11.4 Å². The second-order valence-electron chi connectivity index (χ2n) is 7.96. The van der Waals surface area contributed by atoms with Crippen LogP contribution >= 0.6 is 0 Å². The number of likely N-dealkylation sites (tertiary alicyclic amines) is 1. The number of hydrogen-bond donors (Lipinski definition) is 1. The average molecular weight is 459 g/mol. The van der Waals surface area contributed by atoms with Crippen molar-refractivity contribution in [3.05, 3.63) is 39.8 Å². The number of ether oxygens (including phenoxy) is 3. The van der Waals surface area contributed by atoms with Crippen molar-refractivity contribution < 1.29 is 19.0 Å². The Morgan fingerprint density at radius 2 is 1.97 bits per heavy atom. The Morgan fingerprint density at radius 1 is 1.21 bits per heavy atom. The zero-order valence-corrected chi connectivity index (χ0v) is 20.3. The highest BCUT2D eigenvalue weighted by molar-refractivity contribution is 5.68. The fraction of sp³-hybridized carbons (Fsp3) is 0.542. The molecular weight excluding hydrogens is 424 g/mol. The van der Waals surface area contributed by atoms with Gasteiger partial charge in [-0.2, -0.15) is 0 Å². The first-order valence-corrected chi connectivity index (χ1v) is 11.4. The third kappa shape index (κ3) is 4.98. The van der Waals surface area contributed by atoms with Gasteiger partial charge in [0.25, 0.3) is 5.56 Å². The van der Waals surface area contributed by atoms with Gasteiger partial charge in [-0.05, 0) is 51.0 Å². The lowest BCUT2D eigenvalue weighted by atomic mass is 10.1. The molecule has 33 heavy (non-hydrogen) atoms. The van der Waals surface area contributed by atoms with Gasteiger partial charge in [0.1, 0.15) is 17.3 Å². The van der Waals surface area contributed by atoms with E-state index >= 15 is 0 Å². The SMILES string of the molecule is CCO[C@H]1CN(C(=O)OC)C[C@H]1Nc1c(CC)nc(-c2ccc(OC)cc2C)n(CC)c1=O. The highest BCUT2D eigenvalue weighted by Crippen LogP contribution is 2.27. The Bertz CT molecular complexity index is 1050. The van der Waals surface area contributed by atoms with Crippen molar-refractivity contribution in [2.24, 2.45) is 0 Å². The van der Waals surface area contributed by atoms with Crippen molar-refractivity contribution in [2.75, 3.05) is 39.2 Å². The molecule has 1 aromatic carbocycles. The number of aryl methyl sites for hydroxylation is 2. The standard InChI is InChI=1S/C24H34N4O5/c1-7-18-21(25-19-13-27(24(30)32-6)14-20(19)33-9-3)23(29)28(8-2)22(26-18)17-11-10-16(31-5)12-15(17)4/h10-12,19-20,25H,7-9,13-14H2,1-6H3/t19-,20+/m1/s1. The van der Waals surface area contributed by atoms with Gasteiger partial charge in [-0.3, -0.25) is 9.36 Å². The van der Waals surface area contributed by atoms with Crippen LogP contribution in [0.15, 0.2) is 23.0 Å². The van der Waals surface area contributed by atoms with Gasteiger partial charge < -0.3 is 24.4 Å². The summed E-state index contributed by atoms with van der Waals surface area (Å²) in [7, 11) is 2.99. The molecule has 0 unspecified atom stereocenters. The molecule has 1 amide bonds. The summed E-state index contributed by atoms with van der Waals surface area (Å²) < 4.78 is 17.7. The second kappa shape index (κ2) is 10.7. The molecule has 1 fully saturated rings. The molecule has 180 valence electrons. The minimum Gasteiger partial charge on any atom is -0.497 e. The number of amides is 1. The van der Waals surface area contributed by atoms with E-state index < -0.39 is 6.09 Å². The minimum atomic E-state index is -0.408. The van der Waals surface area contributed by atoms with Gasteiger partial charge in [0.05, 0.1) is 38.6 Å². The van der Waals surface area contributed by atoms with Gasteiger partial charge in [-0.25, -0.2) is 9.78 Å². The Labute approximate surface area is 194 Å². The number of anilines is 1. The van der Waals surface area contributed by atoms with Crippen molar-refractivity contribution >= 4 is 11.8 Å². The van der Waals surface area contributed by atoms with Crippen molar-refractivity contribution in [1.29, 1.82) is 0 Å². The Morgan fingerprint density at radius 3 is 2.55 bits per heavy atom. The van der Waals surface area contributed by atoms with Gasteiger partial charge in [-0.1, -0.05) is 6.92 Å². The number of nitrogens with one attached hydrogen (secondary N) is 1. The van der Waals surface area contributed by atoms with Crippen LogP contribution in [0.4, 0.5) is 10.5 Å². The summed E-state index contributed by atoms with van der Waals surface area (Å²) in [6.07, 6.45) is -0.0807. The lowest BCUT2D eigenvalue weighted by Crippen LogP contribution is -2.38. The molecule has 1 aliphatic heterocycles. The summed E-state index contributed by atoms with van der Waals surface area (Å²) in [5.74, 6) is 1.39. The molecule has 9 nitrogen and oxygen atoms in total. The molecule has 0 bridgehead atoms. The summed E-state index contributed by atoms with van der Waals surface area (Å²) >= 11 is 0. The van der Waals surface area contributed by atoms with Crippen molar-refractivity contribution in [3.8, 4) is 17.1 Å². The maximum atomic E-state index is 13.6. The summed E-state index contributed by atoms with van der Waals surface area (Å²) in [4.78, 5) is 32.2. The highest BCUT2D eigenvalue weighted by Gasteiger charge is 2.37. The molecule has 0 radical (unpaired) electrons. The predicted molar refractivity (Wildman–Crippen MR) is 127 cm³/mol. The van der Waals surface area contributed by atoms with E-state index in [-0.39, 0.29) is 17.7 Å². The van der Waals surface area contributed by atoms with E-state index in [2.05, 4.69) is 5.32 Å². The molecule has 1 N–H and O–H groups in total. The number of benzene rings is 1. The number of carbonyl (C=O) groups excluding carboxylic acids is 1. The highest BCUT2D eigenvalue weighted by atomic mass is 16.5. The zero-order chi connectivity index (χ0) is 24.1. The Kier molecular flexibility index (Phi) is 7.97. The van der Waals surface area contributed by atoms with Gasteiger partial charge >= 0.3 is 6.09 Å².